The Labute approximate surface area is 160 Å². The van der Waals surface area contributed by atoms with Crippen molar-refractivity contribution >= 4 is 29.9 Å². The van der Waals surface area contributed by atoms with Crippen LogP contribution in [0.1, 0.15) is 24.5 Å². The molecule has 2 aromatic rings. The Hall–Kier alpha value is -3.36. The number of amides is 2. The molecule has 0 bridgehead atoms. The first-order valence-electron chi connectivity index (χ1n) is 8.89. The maximum Gasteiger partial charge on any atom is 0.415 e. The summed E-state index contributed by atoms with van der Waals surface area (Å²) in [5.41, 5.74) is 8.93. The van der Waals surface area contributed by atoms with Crippen LogP contribution < -0.4 is 10.6 Å². The van der Waals surface area contributed by atoms with Crippen molar-refractivity contribution in [2.24, 2.45) is 4.99 Å². The van der Waals surface area contributed by atoms with E-state index in [-0.39, 0.29) is 18.2 Å². The molecule has 2 amide bonds. The second kappa shape index (κ2) is 6.99. The maximum absolute atomic E-state index is 15.0. The van der Waals surface area contributed by atoms with Crippen molar-refractivity contribution in [3.05, 3.63) is 35.3 Å². The third-order valence-electron chi connectivity index (χ3n) is 4.75. The van der Waals surface area contributed by atoms with Crippen LogP contribution in [-0.2, 0) is 22.4 Å². The zero-order chi connectivity index (χ0) is 19.8. The lowest BCUT2D eigenvalue weighted by atomic mass is 10.0. The molecule has 4 rings (SSSR count). The van der Waals surface area contributed by atoms with Gasteiger partial charge in [-0.15, -0.1) is 0 Å². The molecule has 0 spiro atoms. The summed E-state index contributed by atoms with van der Waals surface area (Å²) >= 11 is 0. The van der Waals surface area contributed by atoms with Gasteiger partial charge < -0.3 is 10.5 Å². The van der Waals surface area contributed by atoms with Crippen molar-refractivity contribution in [3.63, 3.8) is 0 Å². The fourth-order valence-corrected chi connectivity index (χ4v) is 3.49. The number of halogens is 1. The summed E-state index contributed by atoms with van der Waals surface area (Å²) in [6, 6.07) is 3.04. The highest BCUT2D eigenvalue weighted by Crippen LogP contribution is 2.36. The van der Waals surface area contributed by atoms with Crippen LogP contribution in [0.3, 0.4) is 0 Å². The van der Waals surface area contributed by atoms with Gasteiger partial charge in [0, 0.05) is 18.7 Å². The number of benzene rings is 1. The molecule has 9 heteroatoms. The lowest BCUT2D eigenvalue weighted by Gasteiger charge is -2.17. The predicted octanol–water partition coefficient (Wildman–Crippen LogP) is 2.30. The monoisotopic (exact) mass is 383 g/mol. The number of nitrogens with two attached hydrogens (primary N) is 1. The molecular formula is C19H18FN5O3. The third-order valence-corrected chi connectivity index (χ3v) is 4.75. The molecule has 1 aliphatic heterocycles. The molecule has 2 N–H and O–H groups in total. The average molecular weight is 383 g/mol. The number of aliphatic imine (C=N–C) groups is 1. The van der Waals surface area contributed by atoms with Crippen LogP contribution in [0, 0.1) is 5.82 Å². The number of cyclic esters (lactones) is 1. The van der Waals surface area contributed by atoms with Gasteiger partial charge in [0.05, 0.1) is 24.1 Å². The van der Waals surface area contributed by atoms with Gasteiger partial charge in [0.1, 0.15) is 5.82 Å². The summed E-state index contributed by atoms with van der Waals surface area (Å²) < 4.78 is 20.1. The van der Waals surface area contributed by atoms with E-state index in [0.717, 1.165) is 24.0 Å². The van der Waals surface area contributed by atoms with Crippen molar-refractivity contribution in [1.29, 1.82) is 0 Å². The zero-order valence-electron chi connectivity index (χ0n) is 15.2. The van der Waals surface area contributed by atoms with Crippen LogP contribution >= 0.6 is 0 Å². The minimum atomic E-state index is -0.706. The summed E-state index contributed by atoms with van der Waals surface area (Å²) in [7, 11) is 0. The van der Waals surface area contributed by atoms with Gasteiger partial charge in [0.15, 0.2) is 6.10 Å². The summed E-state index contributed by atoms with van der Waals surface area (Å²) in [5, 5.41) is 0. The molecule has 1 aliphatic carbocycles. The SMILES string of the molecule is CC(=O)N=C[C@H]1CN(c2cc3c(cc2F)-c2nc(N)ncc2CCC3)C(=O)O1. The molecule has 144 valence electrons. The number of aromatic nitrogens is 2. The van der Waals surface area contributed by atoms with Crippen LogP contribution in [0.2, 0.25) is 0 Å². The Kier molecular flexibility index (Phi) is 4.50. The zero-order valence-corrected chi connectivity index (χ0v) is 15.2. The van der Waals surface area contributed by atoms with Gasteiger partial charge in [-0.3, -0.25) is 9.69 Å². The summed E-state index contributed by atoms with van der Waals surface area (Å²) in [6.07, 6.45) is 3.86. The van der Waals surface area contributed by atoms with Crippen molar-refractivity contribution in [3.8, 4) is 11.3 Å². The second-order valence-electron chi connectivity index (χ2n) is 6.75. The highest BCUT2D eigenvalue weighted by atomic mass is 19.1. The number of hydrogen-bond acceptors (Lipinski definition) is 6. The Morgan fingerprint density at radius 1 is 1.39 bits per heavy atom. The highest BCUT2D eigenvalue weighted by Gasteiger charge is 2.34. The number of carbonyl (C=O) groups excluding carboxylic acids is 2. The van der Waals surface area contributed by atoms with Gasteiger partial charge in [-0.2, -0.15) is 0 Å². The topological polar surface area (TPSA) is 111 Å². The van der Waals surface area contributed by atoms with Crippen molar-refractivity contribution in [2.45, 2.75) is 32.3 Å². The number of nitrogens with zero attached hydrogens (tertiary/aromatic N) is 4. The van der Waals surface area contributed by atoms with Gasteiger partial charge in [0.2, 0.25) is 11.9 Å². The first kappa shape index (κ1) is 18.0. The van der Waals surface area contributed by atoms with Crippen LogP contribution in [0.25, 0.3) is 11.3 Å². The van der Waals surface area contributed by atoms with E-state index >= 15 is 0 Å². The molecule has 0 unspecified atom stereocenters. The Morgan fingerprint density at radius 2 is 2.18 bits per heavy atom. The number of anilines is 2. The van der Waals surface area contributed by atoms with E-state index in [1.165, 1.54) is 24.1 Å². The molecule has 1 fully saturated rings. The fraction of sp³-hybridized carbons (Fsp3) is 0.316. The van der Waals surface area contributed by atoms with E-state index in [1.807, 2.05) is 0 Å². The number of hydrogen-bond donors (Lipinski definition) is 1. The molecule has 2 aliphatic rings. The van der Waals surface area contributed by atoms with E-state index in [2.05, 4.69) is 15.0 Å². The summed E-state index contributed by atoms with van der Waals surface area (Å²) in [6.45, 7) is 1.38. The standard InChI is InChI=1S/C19H18FN5O3/c1-10(26)22-8-13-9-25(19(27)28-13)16-5-11-3-2-4-12-7-23-18(21)24-17(12)14(11)6-15(16)20/h5-8,13H,2-4,9H2,1H3,(H2,21,23,24)/t13-/m0/s1. The molecule has 1 saturated heterocycles. The number of ether oxygens (including phenoxy) is 1. The largest absolute Gasteiger partial charge is 0.438 e. The minimum absolute atomic E-state index is 0.0804. The first-order valence-corrected chi connectivity index (χ1v) is 8.89. The van der Waals surface area contributed by atoms with Crippen LogP contribution in [0.15, 0.2) is 23.3 Å². The van der Waals surface area contributed by atoms with E-state index in [9.17, 15) is 14.0 Å². The molecule has 1 atom stereocenters. The van der Waals surface area contributed by atoms with Crippen molar-refractivity contribution in [1.82, 2.24) is 9.97 Å². The maximum atomic E-state index is 15.0. The van der Waals surface area contributed by atoms with E-state index < -0.39 is 23.9 Å². The molecule has 1 aromatic heterocycles. The number of carbonyl (C=O) groups is 2. The van der Waals surface area contributed by atoms with Crippen molar-refractivity contribution in [2.75, 3.05) is 17.2 Å². The highest BCUT2D eigenvalue weighted by molar-refractivity contribution is 5.95. The Bertz CT molecular complexity index is 1010. The molecule has 2 heterocycles. The minimum Gasteiger partial charge on any atom is -0.438 e. The van der Waals surface area contributed by atoms with E-state index in [0.29, 0.717) is 17.7 Å². The molecular weight excluding hydrogens is 365 g/mol. The van der Waals surface area contributed by atoms with Gasteiger partial charge in [-0.05, 0) is 42.5 Å². The van der Waals surface area contributed by atoms with Crippen LogP contribution in [-0.4, -0.2) is 40.8 Å². The fourth-order valence-electron chi connectivity index (χ4n) is 3.49. The molecule has 0 saturated carbocycles. The molecule has 8 nitrogen and oxygen atoms in total. The lowest BCUT2D eigenvalue weighted by Crippen LogP contribution is -2.26. The Morgan fingerprint density at radius 3 is 2.96 bits per heavy atom. The normalized spacial score (nSPS) is 18.6. The third kappa shape index (κ3) is 3.30. The van der Waals surface area contributed by atoms with Crippen molar-refractivity contribution < 1.29 is 18.7 Å². The van der Waals surface area contributed by atoms with E-state index in [4.69, 9.17) is 10.5 Å². The summed E-state index contributed by atoms with van der Waals surface area (Å²) in [4.78, 5) is 36.3. The van der Waals surface area contributed by atoms with Gasteiger partial charge in [-0.25, -0.2) is 24.1 Å². The number of aryl methyl sites for hydroxylation is 2. The molecule has 0 radical (unpaired) electrons. The van der Waals surface area contributed by atoms with Gasteiger partial charge >= 0.3 is 6.09 Å². The average Bonchev–Trinajstić information content (AvgIpc) is 2.93. The second-order valence-corrected chi connectivity index (χ2v) is 6.75. The van der Waals surface area contributed by atoms with Gasteiger partial charge in [-0.1, -0.05) is 0 Å². The lowest BCUT2D eigenvalue weighted by molar-refractivity contribution is -0.115. The number of fused-ring (bicyclic) bond motifs is 3. The van der Waals surface area contributed by atoms with Crippen LogP contribution in [0.5, 0.6) is 0 Å². The van der Waals surface area contributed by atoms with Gasteiger partial charge in [0.25, 0.3) is 0 Å². The smallest absolute Gasteiger partial charge is 0.415 e. The van der Waals surface area contributed by atoms with Crippen LogP contribution in [0.4, 0.5) is 20.8 Å². The number of rotatable bonds is 2. The molecule has 1 aromatic carbocycles. The quantitative estimate of drug-likeness (QED) is 0.797. The number of nitrogen functional groups attached to an aromatic ring is 1. The Balaban J connectivity index is 1.71. The van der Waals surface area contributed by atoms with E-state index in [1.54, 1.807) is 12.3 Å². The predicted molar refractivity (Wildman–Crippen MR) is 101 cm³/mol. The molecule has 28 heavy (non-hydrogen) atoms. The summed E-state index contributed by atoms with van der Waals surface area (Å²) in [5.74, 6) is -0.831. The first-order chi connectivity index (χ1) is 13.4.